The first-order valence-corrected chi connectivity index (χ1v) is 12.6. The summed E-state index contributed by atoms with van der Waals surface area (Å²) in [7, 11) is 0. The maximum Gasteiger partial charge on any atom is 0.331 e. The van der Waals surface area contributed by atoms with Gasteiger partial charge in [0.05, 0.1) is 28.5 Å². The van der Waals surface area contributed by atoms with E-state index in [2.05, 4.69) is 15.6 Å². The number of carbonyl (C=O) groups excluding carboxylic acids is 2. The van der Waals surface area contributed by atoms with Gasteiger partial charge in [0.2, 0.25) is 0 Å². The highest BCUT2D eigenvalue weighted by Crippen LogP contribution is 2.45. The van der Waals surface area contributed by atoms with Crippen LogP contribution in [0.4, 0.5) is 21.9 Å². The lowest BCUT2D eigenvalue weighted by atomic mass is 9.93. The molecule has 1 fully saturated rings. The van der Waals surface area contributed by atoms with Gasteiger partial charge < -0.3 is 20.8 Å². The molecule has 180 valence electrons. The number of pyridine rings is 1. The molecule has 0 saturated heterocycles. The second kappa shape index (κ2) is 9.09. The van der Waals surface area contributed by atoms with E-state index in [4.69, 9.17) is 10.1 Å². The van der Waals surface area contributed by atoms with Crippen molar-refractivity contribution in [1.82, 2.24) is 10.3 Å². The molecule has 1 saturated carbocycles. The summed E-state index contributed by atoms with van der Waals surface area (Å²) in [6.07, 6.45) is 5.08. The lowest BCUT2D eigenvalue weighted by Crippen LogP contribution is -2.42. The standard InChI is InChI=1S/C27H23N5O3S/c28-19-8-4-5-9-20(19)30-25(33)24-23-22-21(14-15-29-26(22)36-24)32(27(34)31-23)16-10-12-18(13-11-16)35-17-6-2-1-3-7-17/h1-3,6-7,10-15,20,28H,4-5,8-9H2,(H,30,33)(H,31,34)/t20-/m0/s1. The Hall–Kier alpha value is -4.24. The molecular formula is C27H23N5O3S. The van der Waals surface area contributed by atoms with Gasteiger partial charge in [0.25, 0.3) is 5.91 Å². The highest BCUT2D eigenvalue weighted by molar-refractivity contribution is 7.21. The molecule has 0 radical (unpaired) electrons. The van der Waals surface area contributed by atoms with Crippen molar-refractivity contribution in [3.05, 3.63) is 71.7 Å². The fraction of sp³-hybridized carbons (Fsp3) is 0.185. The highest BCUT2D eigenvalue weighted by atomic mass is 32.1. The molecule has 8 nitrogen and oxygen atoms in total. The maximum atomic E-state index is 13.3. The van der Waals surface area contributed by atoms with Crippen molar-refractivity contribution < 1.29 is 14.3 Å². The number of hydrogen-bond donors (Lipinski definition) is 3. The molecule has 2 aromatic heterocycles. The van der Waals surface area contributed by atoms with Gasteiger partial charge in [-0.05, 0) is 61.7 Å². The van der Waals surface area contributed by atoms with Crippen LogP contribution in [0.25, 0.3) is 10.2 Å². The molecule has 0 bridgehead atoms. The minimum absolute atomic E-state index is 0.261. The van der Waals surface area contributed by atoms with Crippen LogP contribution < -0.4 is 20.3 Å². The first-order chi connectivity index (χ1) is 17.6. The molecule has 6 rings (SSSR count). The summed E-state index contributed by atoms with van der Waals surface area (Å²) < 4.78 is 5.87. The van der Waals surface area contributed by atoms with Crippen molar-refractivity contribution in [1.29, 1.82) is 5.41 Å². The minimum atomic E-state index is -0.357. The second-order valence-corrected chi connectivity index (χ2v) is 9.79. The number of aromatic nitrogens is 1. The number of urea groups is 1. The van der Waals surface area contributed by atoms with Gasteiger partial charge in [-0.1, -0.05) is 24.6 Å². The summed E-state index contributed by atoms with van der Waals surface area (Å²) >= 11 is 1.25. The van der Waals surface area contributed by atoms with Crippen molar-refractivity contribution in [2.45, 2.75) is 31.7 Å². The second-order valence-electron chi connectivity index (χ2n) is 8.79. The summed E-state index contributed by atoms with van der Waals surface area (Å²) in [6, 6.07) is 17.9. The predicted octanol–water partition coefficient (Wildman–Crippen LogP) is 6.46. The predicted molar refractivity (Wildman–Crippen MR) is 141 cm³/mol. The third-order valence-electron chi connectivity index (χ3n) is 6.44. The van der Waals surface area contributed by atoms with E-state index in [1.165, 1.54) is 11.3 Å². The zero-order valence-corrected chi connectivity index (χ0v) is 20.1. The number of benzene rings is 2. The van der Waals surface area contributed by atoms with Gasteiger partial charge in [0.15, 0.2) is 0 Å². The number of rotatable bonds is 5. The fourth-order valence-corrected chi connectivity index (χ4v) is 5.71. The number of thiophene rings is 1. The molecule has 1 aliphatic carbocycles. The number of para-hydroxylation sites is 1. The Morgan fingerprint density at radius 1 is 1.08 bits per heavy atom. The molecule has 0 unspecified atom stereocenters. The van der Waals surface area contributed by atoms with Crippen molar-refractivity contribution >= 4 is 56.3 Å². The van der Waals surface area contributed by atoms with Crippen LogP contribution in [0.3, 0.4) is 0 Å². The smallest absolute Gasteiger partial charge is 0.331 e. The first-order valence-electron chi connectivity index (χ1n) is 11.8. The van der Waals surface area contributed by atoms with Crippen LogP contribution in [-0.4, -0.2) is 28.7 Å². The van der Waals surface area contributed by atoms with Crippen LogP contribution in [0.2, 0.25) is 0 Å². The van der Waals surface area contributed by atoms with Gasteiger partial charge >= 0.3 is 6.03 Å². The average molecular weight is 498 g/mol. The van der Waals surface area contributed by atoms with E-state index in [9.17, 15) is 9.59 Å². The molecule has 3 N–H and O–H groups in total. The molecular weight excluding hydrogens is 474 g/mol. The molecule has 1 aliphatic heterocycles. The van der Waals surface area contributed by atoms with Crippen LogP contribution in [0.5, 0.6) is 11.5 Å². The number of carbonyl (C=O) groups is 2. The van der Waals surface area contributed by atoms with E-state index >= 15 is 0 Å². The van der Waals surface area contributed by atoms with Crippen LogP contribution in [-0.2, 0) is 0 Å². The molecule has 9 heteroatoms. The van der Waals surface area contributed by atoms with E-state index < -0.39 is 0 Å². The third kappa shape index (κ3) is 3.97. The summed E-state index contributed by atoms with van der Waals surface area (Å²) in [4.78, 5) is 33.6. The summed E-state index contributed by atoms with van der Waals surface area (Å²) in [5, 5.41) is 14.8. The van der Waals surface area contributed by atoms with Gasteiger partial charge in [-0.15, -0.1) is 11.3 Å². The normalized spacial score (nSPS) is 17.1. The van der Waals surface area contributed by atoms with Crippen LogP contribution in [0.15, 0.2) is 66.9 Å². The number of ether oxygens (including phenoxy) is 1. The van der Waals surface area contributed by atoms with Crippen molar-refractivity contribution in [2.24, 2.45) is 0 Å². The van der Waals surface area contributed by atoms with Gasteiger partial charge in [-0.3, -0.25) is 9.69 Å². The number of amides is 3. The quantitative estimate of drug-likeness (QED) is 0.294. The zero-order valence-electron chi connectivity index (χ0n) is 19.3. The summed E-state index contributed by atoms with van der Waals surface area (Å²) in [5.74, 6) is 1.10. The Bertz CT molecular complexity index is 1480. The van der Waals surface area contributed by atoms with Crippen molar-refractivity contribution in [3.8, 4) is 11.5 Å². The average Bonchev–Trinajstić information content (AvgIpc) is 3.26. The van der Waals surface area contributed by atoms with Crippen LogP contribution in [0, 0.1) is 5.41 Å². The Balaban J connectivity index is 1.31. The van der Waals surface area contributed by atoms with E-state index in [0.29, 0.717) is 44.7 Å². The Morgan fingerprint density at radius 2 is 1.86 bits per heavy atom. The zero-order chi connectivity index (χ0) is 24.6. The monoisotopic (exact) mass is 497 g/mol. The highest BCUT2D eigenvalue weighted by Gasteiger charge is 2.33. The molecule has 3 heterocycles. The van der Waals surface area contributed by atoms with Crippen molar-refractivity contribution in [3.63, 3.8) is 0 Å². The molecule has 36 heavy (non-hydrogen) atoms. The lowest BCUT2D eigenvalue weighted by molar-refractivity contribution is 0.0948. The first kappa shape index (κ1) is 22.2. The van der Waals surface area contributed by atoms with E-state index in [1.54, 1.807) is 17.2 Å². The molecule has 4 aromatic rings. The molecule has 3 amide bonds. The van der Waals surface area contributed by atoms with Gasteiger partial charge in [-0.2, -0.15) is 0 Å². The van der Waals surface area contributed by atoms with Crippen LogP contribution >= 0.6 is 11.3 Å². The SMILES string of the molecule is N=C1CCCC[C@@H]1NC(=O)c1sc2nccc3c2c1NC(=O)N3c1ccc(Oc2ccccc2)cc1. The largest absolute Gasteiger partial charge is 0.457 e. The number of hydrogen-bond acceptors (Lipinski definition) is 6. The minimum Gasteiger partial charge on any atom is -0.457 e. The maximum absolute atomic E-state index is 13.3. The van der Waals surface area contributed by atoms with Gasteiger partial charge in [0, 0.05) is 11.9 Å². The Kier molecular flexibility index (Phi) is 5.61. The van der Waals surface area contributed by atoms with Gasteiger partial charge in [0.1, 0.15) is 21.2 Å². The van der Waals surface area contributed by atoms with Crippen molar-refractivity contribution in [2.75, 3.05) is 10.2 Å². The Morgan fingerprint density at radius 3 is 2.64 bits per heavy atom. The molecule has 2 aliphatic rings. The molecule has 2 aromatic carbocycles. The number of nitrogens with one attached hydrogen (secondary N) is 3. The summed E-state index contributed by atoms with van der Waals surface area (Å²) in [6.45, 7) is 0. The molecule has 0 spiro atoms. The topological polar surface area (TPSA) is 107 Å². The van der Waals surface area contributed by atoms with E-state index in [1.807, 2.05) is 54.6 Å². The third-order valence-corrected chi connectivity index (χ3v) is 7.54. The fourth-order valence-electron chi connectivity index (χ4n) is 4.68. The summed E-state index contributed by atoms with van der Waals surface area (Å²) in [5.41, 5.74) is 2.36. The lowest BCUT2D eigenvalue weighted by Gasteiger charge is -2.28. The van der Waals surface area contributed by atoms with E-state index in [-0.39, 0.29) is 18.0 Å². The van der Waals surface area contributed by atoms with Gasteiger partial charge in [-0.25, -0.2) is 9.78 Å². The Labute approximate surface area is 211 Å². The molecule has 1 atom stereocenters. The number of anilines is 3. The van der Waals surface area contributed by atoms with Crippen LogP contribution in [0.1, 0.15) is 35.4 Å². The van der Waals surface area contributed by atoms with E-state index in [0.717, 1.165) is 30.4 Å². The number of nitrogens with zero attached hydrogens (tertiary/aromatic N) is 2.